The first-order chi connectivity index (χ1) is 11.2. The van der Waals surface area contributed by atoms with Crippen LogP contribution in [-0.2, 0) is 19.4 Å². The molecule has 2 aromatic heterocycles. The molecule has 1 aliphatic rings. The van der Waals surface area contributed by atoms with Crippen molar-refractivity contribution in [3.8, 4) is 5.75 Å². The van der Waals surface area contributed by atoms with E-state index in [1.165, 1.54) is 10.4 Å². The molecule has 1 aliphatic carbocycles. The fraction of sp³-hybridized carbons (Fsp3) is 0.294. The highest BCUT2D eigenvalue weighted by Gasteiger charge is 2.20. The van der Waals surface area contributed by atoms with Gasteiger partial charge in [0.05, 0.1) is 19.0 Å². The van der Waals surface area contributed by atoms with Gasteiger partial charge in [0, 0.05) is 10.6 Å². The molecule has 0 radical (unpaired) electrons. The number of benzene rings is 1. The number of hydrogen-bond donors (Lipinski definition) is 2. The van der Waals surface area contributed by atoms with Gasteiger partial charge < -0.3 is 15.0 Å². The molecule has 0 bridgehead atoms. The van der Waals surface area contributed by atoms with Gasteiger partial charge in [-0.15, -0.1) is 11.3 Å². The molecular weight excluding hydrogens is 310 g/mol. The van der Waals surface area contributed by atoms with Crippen LogP contribution >= 0.6 is 11.3 Å². The number of rotatable bonds is 4. The third kappa shape index (κ3) is 2.59. The Labute approximate surface area is 137 Å². The zero-order valence-electron chi connectivity index (χ0n) is 12.8. The Morgan fingerprint density at radius 3 is 2.91 bits per heavy atom. The van der Waals surface area contributed by atoms with Crippen molar-refractivity contribution < 1.29 is 4.74 Å². The smallest absolute Gasteiger partial charge is 0.259 e. The number of thiophene rings is 1. The molecule has 5 nitrogen and oxygen atoms in total. The lowest BCUT2D eigenvalue weighted by Gasteiger charge is -2.07. The Bertz CT molecular complexity index is 912. The Hall–Kier alpha value is -2.34. The lowest BCUT2D eigenvalue weighted by Crippen LogP contribution is -2.14. The molecule has 4 rings (SSSR count). The van der Waals surface area contributed by atoms with Crippen molar-refractivity contribution in [3.63, 3.8) is 0 Å². The number of aryl methyl sites for hydroxylation is 2. The zero-order chi connectivity index (χ0) is 15.8. The van der Waals surface area contributed by atoms with Crippen LogP contribution in [0.3, 0.4) is 0 Å². The number of hydrogen-bond acceptors (Lipinski definition) is 5. The summed E-state index contributed by atoms with van der Waals surface area (Å²) in [5.41, 5.74) is 2.16. The first kappa shape index (κ1) is 14.3. The van der Waals surface area contributed by atoms with Gasteiger partial charge in [0.15, 0.2) is 0 Å². The predicted octanol–water partition coefficient (Wildman–Crippen LogP) is 3.09. The van der Waals surface area contributed by atoms with Gasteiger partial charge in [-0.25, -0.2) is 4.98 Å². The molecule has 0 amide bonds. The SMILES string of the molecule is COc1ccc(NCc2nc3sc4c(c3c(=O)[nH]2)CCC4)cc1. The van der Waals surface area contributed by atoms with Crippen molar-refractivity contribution in [2.24, 2.45) is 0 Å². The van der Waals surface area contributed by atoms with Gasteiger partial charge in [0.1, 0.15) is 16.4 Å². The second kappa shape index (κ2) is 5.70. The van der Waals surface area contributed by atoms with E-state index in [2.05, 4.69) is 15.3 Å². The lowest BCUT2D eigenvalue weighted by atomic mass is 10.2. The monoisotopic (exact) mass is 327 g/mol. The molecule has 0 unspecified atom stereocenters. The normalized spacial score (nSPS) is 13.3. The molecule has 23 heavy (non-hydrogen) atoms. The molecule has 0 spiro atoms. The number of ether oxygens (including phenoxy) is 1. The maximum atomic E-state index is 12.4. The van der Waals surface area contributed by atoms with Crippen LogP contribution in [0.4, 0.5) is 5.69 Å². The van der Waals surface area contributed by atoms with Crippen molar-refractivity contribution in [2.45, 2.75) is 25.8 Å². The molecule has 6 heteroatoms. The van der Waals surface area contributed by atoms with Crippen LogP contribution < -0.4 is 15.6 Å². The highest BCUT2D eigenvalue weighted by Crippen LogP contribution is 2.34. The fourth-order valence-corrected chi connectivity index (χ4v) is 4.31. The number of aromatic amines is 1. The number of H-pyrrole nitrogens is 1. The lowest BCUT2D eigenvalue weighted by molar-refractivity contribution is 0.415. The summed E-state index contributed by atoms with van der Waals surface area (Å²) in [6.45, 7) is 0.486. The first-order valence-electron chi connectivity index (χ1n) is 7.66. The van der Waals surface area contributed by atoms with Crippen molar-refractivity contribution in [2.75, 3.05) is 12.4 Å². The van der Waals surface area contributed by atoms with Crippen molar-refractivity contribution >= 4 is 27.2 Å². The van der Waals surface area contributed by atoms with Gasteiger partial charge in [0.2, 0.25) is 0 Å². The molecule has 0 fully saturated rings. The van der Waals surface area contributed by atoms with Crippen LogP contribution in [0.2, 0.25) is 0 Å². The molecule has 0 saturated carbocycles. The molecule has 0 saturated heterocycles. The molecule has 0 aliphatic heterocycles. The summed E-state index contributed by atoms with van der Waals surface area (Å²) >= 11 is 1.67. The number of methoxy groups -OCH3 is 1. The largest absolute Gasteiger partial charge is 0.497 e. The molecule has 2 N–H and O–H groups in total. The minimum Gasteiger partial charge on any atom is -0.497 e. The molecular formula is C17H17N3O2S. The van der Waals surface area contributed by atoms with Crippen LogP contribution in [0.25, 0.3) is 10.2 Å². The van der Waals surface area contributed by atoms with E-state index in [0.29, 0.717) is 12.4 Å². The third-order valence-electron chi connectivity index (χ3n) is 4.17. The number of nitrogens with one attached hydrogen (secondary N) is 2. The topological polar surface area (TPSA) is 67.0 Å². The molecule has 1 aromatic carbocycles. The van der Waals surface area contributed by atoms with E-state index in [-0.39, 0.29) is 5.56 Å². The molecule has 3 aromatic rings. The van der Waals surface area contributed by atoms with Gasteiger partial charge in [-0.1, -0.05) is 0 Å². The minimum absolute atomic E-state index is 0.0130. The Morgan fingerprint density at radius 1 is 1.30 bits per heavy atom. The quantitative estimate of drug-likeness (QED) is 0.773. The highest BCUT2D eigenvalue weighted by atomic mass is 32.1. The van der Waals surface area contributed by atoms with Gasteiger partial charge in [-0.05, 0) is 49.1 Å². The highest BCUT2D eigenvalue weighted by molar-refractivity contribution is 7.18. The van der Waals surface area contributed by atoms with Crippen LogP contribution in [0, 0.1) is 0 Å². The number of nitrogens with zero attached hydrogens (tertiary/aromatic N) is 1. The average molecular weight is 327 g/mol. The van der Waals surface area contributed by atoms with Crippen LogP contribution in [-0.4, -0.2) is 17.1 Å². The second-order valence-corrected chi connectivity index (χ2v) is 6.72. The van der Waals surface area contributed by atoms with E-state index in [1.807, 2.05) is 24.3 Å². The van der Waals surface area contributed by atoms with E-state index >= 15 is 0 Å². The minimum atomic E-state index is -0.0130. The number of aromatic nitrogens is 2. The van der Waals surface area contributed by atoms with Crippen LogP contribution in [0.5, 0.6) is 5.75 Å². The maximum Gasteiger partial charge on any atom is 0.259 e. The zero-order valence-corrected chi connectivity index (χ0v) is 13.6. The maximum absolute atomic E-state index is 12.4. The third-order valence-corrected chi connectivity index (χ3v) is 5.36. The van der Waals surface area contributed by atoms with Gasteiger partial charge in [-0.3, -0.25) is 4.79 Å². The molecule has 118 valence electrons. The first-order valence-corrected chi connectivity index (χ1v) is 8.47. The van der Waals surface area contributed by atoms with E-state index in [0.717, 1.165) is 40.9 Å². The standard InChI is InChI=1S/C17H17N3O2S/c1-22-11-7-5-10(6-8-11)18-9-14-19-16(21)15-12-3-2-4-13(12)23-17(15)20-14/h5-8,18H,2-4,9H2,1H3,(H,19,20,21). The number of anilines is 1. The predicted molar refractivity (Wildman–Crippen MR) is 92.6 cm³/mol. The van der Waals surface area contributed by atoms with E-state index in [4.69, 9.17) is 4.74 Å². The average Bonchev–Trinajstić information content (AvgIpc) is 3.13. The van der Waals surface area contributed by atoms with Crippen LogP contribution in [0.1, 0.15) is 22.7 Å². The van der Waals surface area contributed by atoms with Gasteiger partial charge in [-0.2, -0.15) is 0 Å². The fourth-order valence-electron chi connectivity index (χ4n) is 3.03. The summed E-state index contributed by atoms with van der Waals surface area (Å²) in [5, 5.41) is 4.07. The molecule has 0 atom stereocenters. The van der Waals surface area contributed by atoms with E-state index in [1.54, 1.807) is 18.4 Å². The number of fused-ring (bicyclic) bond motifs is 3. The summed E-state index contributed by atoms with van der Waals surface area (Å²) in [5.74, 6) is 1.48. The summed E-state index contributed by atoms with van der Waals surface area (Å²) in [7, 11) is 1.64. The Morgan fingerprint density at radius 2 is 2.13 bits per heavy atom. The van der Waals surface area contributed by atoms with Crippen LogP contribution in [0.15, 0.2) is 29.1 Å². The second-order valence-electron chi connectivity index (χ2n) is 5.63. The van der Waals surface area contributed by atoms with E-state index in [9.17, 15) is 4.79 Å². The van der Waals surface area contributed by atoms with Gasteiger partial charge in [0.25, 0.3) is 5.56 Å². The van der Waals surface area contributed by atoms with Gasteiger partial charge >= 0.3 is 0 Å². The van der Waals surface area contributed by atoms with Crippen molar-refractivity contribution in [3.05, 3.63) is 50.9 Å². The van der Waals surface area contributed by atoms with Crippen molar-refractivity contribution in [1.29, 1.82) is 0 Å². The Kier molecular flexibility index (Phi) is 3.53. The van der Waals surface area contributed by atoms with Crippen molar-refractivity contribution in [1.82, 2.24) is 9.97 Å². The molecule has 2 heterocycles. The summed E-state index contributed by atoms with van der Waals surface area (Å²) in [6.07, 6.45) is 3.23. The summed E-state index contributed by atoms with van der Waals surface area (Å²) < 4.78 is 5.14. The summed E-state index contributed by atoms with van der Waals surface area (Å²) in [4.78, 5) is 22.1. The summed E-state index contributed by atoms with van der Waals surface area (Å²) in [6, 6.07) is 7.67. The van der Waals surface area contributed by atoms with E-state index < -0.39 is 0 Å². The Balaban J connectivity index is 1.58.